The number of benzene rings is 2. The van der Waals surface area contributed by atoms with E-state index in [0.717, 1.165) is 18.4 Å². The molecular weight excluding hydrogens is 408 g/mol. The number of aliphatic hydroxyl groups excluding tert-OH is 1. The van der Waals surface area contributed by atoms with Gasteiger partial charge in [-0.15, -0.1) is 0 Å². The van der Waals surface area contributed by atoms with Gasteiger partial charge in [-0.05, 0) is 53.5 Å². The molecule has 3 atom stereocenters. The Bertz CT molecular complexity index is 1040. The number of rotatable bonds is 5. The van der Waals surface area contributed by atoms with Crippen molar-refractivity contribution in [3.8, 4) is 0 Å². The summed E-state index contributed by atoms with van der Waals surface area (Å²) < 4.78 is 25.4. The van der Waals surface area contributed by atoms with Crippen molar-refractivity contribution in [3.63, 3.8) is 0 Å². The van der Waals surface area contributed by atoms with E-state index < -0.39 is 22.0 Å². The van der Waals surface area contributed by atoms with E-state index >= 15 is 0 Å². The maximum atomic E-state index is 12.7. The maximum Gasteiger partial charge on any atom is 0.152 e. The molecule has 0 aromatic heterocycles. The summed E-state index contributed by atoms with van der Waals surface area (Å²) in [6.07, 6.45) is 1.70. The van der Waals surface area contributed by atoms with E-state index in [1.807, 2.05) is 24.3 Å². The monoisotopic (exact) mass is 442 g/mol. The van der Waals surface area contributed by atoms with Gasteiger partial charge < -0.3 is 16.2 Å². The highest BCUT2D eigenvalue weighted by Gasteiger charge is 2.49. The quantitative estimate of drug-likeness (QED) is 0.619. The van der Waals surface area contributed by atoms with Gasteiger partial charge >= 0.3 is 0 Å². The fourth-order valence-corrected chi connectivity index (χ4v) is 6.67. The first-order valence-electron chi connectivity index (χ1n) is 11.1. The highest BCUT2D eigenvalue weighted by Crippen LogP contribution is 2.47. The van der Waals surface area contributed by atoms with E-state index in [2.05, 4.69) is 50.4 Å². The molecule has 0 amide bonds. The Morgan fingerprint density at radius 1 is 1.10 bits per heavy atom. The molecule has 4 N–H and O–H groups in total. The summed E-state index contributed by atoms with van der Waals surface area (Å²) in [6, 6.07) is 15.5. The molecule has 2 aliphatic rings. The Labute approximate surface area is 186 Å². The average Bonchev–Trinajstić information content (AvgIpc) is 3.47. The first-order valence-corrected chi connectivity index (χ1v) is 12.9. The van der Waals surface area contributed by atoms with Crippen LogP contribution in [0.25, 0.3) is 0 Å². The molecule has 0 unspecified atom stereocenters. The number of nitrogens with two attached hydrogens (primary N) is 1. The second kappa shape index (κ2) is 7.91. The summed E-state index contributed by atoms with van der Waals surface area (Å²) in [5.74, 6) is -0.340. The molecule has 2 aromatic carbocycles. The predicted octanol–water partition coefficient (Wildman–Crippen LogP) is 3.16. The second-order valence-corrected chi connectivity index (χ2v) is 12.6. The lowest BCUT2D eigenvalue weighted by Crippen LogP contribution is -2.57. The van der Waals surface area contributed by atoms with Crippen molar-refractivity contribution in [1.82, 2.24) is 5.32 Å². The van der Waals surface area contributed by atoms with Crippen LogP contribution in [0.4, 0.5) is 5.69 Å². The van der Waals surface area contributed by atoms with Gasteiger partial charge in [0, 0.05) is 23.2 Å². The molecule has 1 saturated carbocycles. The summed E-state index contributed by atoms with van der Waals surface area (Å²) in [6.45, 7) is 6.58. The van der Waals surface area contributed by atoms with Crippen LogP contribution < -0.4 is 11.1 Å². The van der Waals surface area contributed by atoms with Gasteiger partial charge in [-0.3, -0.25) is 0 Å². The minimum Gasteiger partial charge on any atom is -0.399 e. The molecule has 0 bridgehead atoms. The number of nitrogen functional groups attached to an aromatic ring is 1. The third-order valence-corrected chi connectivity index (χ3v) is 8.57. The fraction of sp³-hybridized carbons (Fsp3) is 0.520. The minimum atomic E-state index is -3.25. The number of aliphatic hydroxyl groups is 1. The van der Waals surface area contributed by atoms with E-state index in [1.54, 1.807) is 0 Å². The Morgan fingerprint density at radius 3 is 2.39 bits per heavy atom. The van der Waals surface area contributed by atoms with Gasteiger partial charge in [-0.2, -0.15) is 0 Å². The lowest BCUT2D eigenvalue weighted by Gasteiger charge is -2.38. The zero-order valence-corrected chi connectivity index (χ0v) is 19.5. The van der Waals surface area contributed by atoms with Crippen molar-refractivity contribution in [2.75, 3.05) is 17.2 Å². The topological polar surface area (TPSA) is 92.4 Å². The molecule has 0 spiro atoms. The van der Waals surface area contributed by atoms with Crippen LogP contribution in [0.2, 0.25) is 0 Å². The van der Waals surface area contributed by atoms with Crippen LogP contribution in [0.5, 0.6) is 0 Å². The third-order valence-electron chi connectivity index (χ3n) is 6.77. The fourth-order valence-electron chi connectivity index (χ4n) is 4.74. The number of hydrogen-bond donors (Lipinski definition) is 3. The van der Waals surface area contributed by atoms with Gasteiger partial charge in [0.05, 0.1) is 17.6 Å². The van der Waals surface area contributed by atoms with Gasteiger partial charge in [0.25, 0.3) is 0 Å². The first-order chi connectivity index (χ1) is 14.5. The van der Waals surface area contributed by atoms with E-state index in [9.17, 15) is 13.5 Å². The molecule has 1 heterocycles. The zero-order valence-electron chi connectivity index (χ0n) is 18.6. The van der Waals surface area contributed by atoms with Gasteiger partial charge in [-0.25, -0.2) is 8.42 Å². The first kappa shape index (κ1) is 22.3. The molecule has 4 rings (SSSR count). The normalized spacial score (nSPS) is 27.0. The summed E-state index contributed by atoms with van der Waals surface area (Å²) in [4.78, 5) is 0. The molecule has 1 saturated heterocycles. The summed E-state index contributed by atoms with van der Waals surface area (Å²) in [5.41, 5.74) is 9.68. The number of anilines is 1. The highest BCUT2D eigenvalue weighted by molar-refractivity contribution is 7.91. The maximum absolute atomic E-state index is 12.7. The summed E-state index contributed by atoms with van der Waals surface area (Å²) >= 11 is 0. The summed E-state index contributed by atoms with van der Waals surface area (Å²) in [5, 5.41) is 14.7. The zero-order chi connectivity index (χ0) is 22.4. The van der Waals surface area contributed by atoms with Gasteiger partial charge in [0.15, 0.2) is 9.84 Å². The summed E-state index contributed by atoms with van der Waals surface area (Å²) in [7, 11) is -3.25. The van der Waals surface area contributed by atoms with Crippen molar-refractivity contribution >= 4 is 15.5 Å². The number of sulfone groups is 1. The van der Waals surface area contributed by atoms with Crippen LogP contribution in [0, 0.1) is 5.92 Å². The molecule has 31 heavy (non-hydrogen) atoms. The molecular formula is C25H34N2O3S. The minimum absolute atomic E-state index is 0.0171. The Hall–Kier alpha value is -1.89. The molecule has 2 aromatic rings. The third kappa shape index (κ3) is 4.97. The van der Waals surface area contributed by atoms with Crippen LogP contribution in [0.15, 0.2) is 48.5 Å². The van der Waals surface area contributed by atoms with Crippen molar-refractivity contribution < 1.29 is 13.5 Å². The average molecular weight is 443 g/mol. The number of hydrogen-bond acceptors (Lipinski definition) is 5. The van der Waals surface area contributed by atoms with Gasteiger partial charge in [0.2, 0.25) is 0 Å². The molecule has 1 aliphatic heterocycles. The highest BCUT2D eigenvalue weighted by atomic mass is 32.2. The Kier molecular flexibility index (Phi) is 5.69. The predicted molar refractivity (Wildman–Crippen MR) is 126 cm³/mol. The van der Waals surface area contributed by atoms with Crippen molar-refractivity contribution in [2.24, 2.45) is 5.92 Å². The lowest BCUT2D eigenvalue weighted by molar-refractivity contribution is 0.0720. The van der Waals surface area contributed by atoms with E-state index in [-0.39, 0.29) is 28.4 Å². The standard InChI is InChI=1S/C25H34N2O3S/c1-24(2,3)19-5-4-6-20(14-19)25(11-12-25)27-22-16-31(29,30)15-18(23(22)28)13-17-7-9-21(26)10-8-17/h4-10,14,18,22-23,27-28H,11-13,15-16,26H2,1-3H3/t18-,22+,23+/m1/s1. The van der Waals surface area contributed by atoms with Crippen LogP contribution in [0.1, 0.15) is 50.3 Å². The Balaban J connectivity index is 1.55. The van der Waals surface area contributed by atoms with Crippen molar-refractivity contribution in [2.45, 2.75) is 63.1 Å². The molecule has 5 nitrogen and oxygen atoms in total. The van der Waals surface area contributed by atoms with Gasteiger partial charge in [0.1, 0.15) is 0 Å². The van der Waals surface area contributed by atoms with E-state index in [0.29, 0.717) is 12.1 Å². The Morgan fingerprint density at radius 2 is 1.77 bits per heavy atom. The molecule has 168 valence electrons. The van der Waals surface area contributed by atoms with Crippen LogP contribution in [-0.4, -0.2) is 37.2 Å². The van der Waals surface area contributed by atoms with Gasteiger partial charge in [-0.1, -0.05) is 57.2 Å². The van der Waals surface area contributed by atoms with Crippen LogP contribution >= 0.6 is 0 Å². The molecule has 6 heteroatoms. The van der Waals surface area contributed by atoms with E-state index in [1.165, 1.54) is 11.1 Å². The van der Waals surface area contributed by atoms with Crippen LogP contribution in [0.3, 0.4) is 0 Å². The van der Waals surface area contributed by atoms with E-state index in [4.69, 9.17) is 5.73 Å². The molecule has 1 aliphatic carbocycles. The van der Waals surface area contributed by atoms with Crippen molar-refractivity contribution in [3.05, 3.63) is 65.2 Å². The second-order valence-electron chi connectivity index (χ2n) is 10.4. The van der Waals surface area contributed by atoms with Crippen molar-refractivity contribution in [1.29, 1.82) is 0 Å². The SMILES string of the molecule is CC(C)(C)c1cccc(C2(N[C@H]3CS(=O)(=O)C[C@@H](Cc4ccc(N)cc4)[C@@H]3O)CC2)c1. The number of nitrogens with one attached hydrogen (secondary N) is 1. The smallest absolute Gasteiger partial charge is 0.152 e. The van der Waals surface area contributed by atoms with Crippen LogP contribution in [-0.2, 0) is 27.2 Å². The molecule has 0 radical (unpaired) electrons. The molecule has 2 fully saturated rings. The largest absolute Gasteiger partial charge is 0.399 e. The lowest BCUT2D eigenvalue weighted by atomic mass is 9.85.